The Balaban J connectivity index is 4.30. The molecule has 0 bridgehead atoms. The molecular weight excluding hydrogens is 177 g/mol. The Morgan fingerprint density at radius 3 is 1.92 bits per heavy atom. The summed E-state index contributed by atoms with van der Waals surface area (Å²) in [6.45, 7) is 10.2. The summed E-state index contributed by atoms with van der Waals surface area (Å²) < 4.78 is 35.8. The van der Waals surface area contributed by atoms with Gasteiger partial charge in [0.2, 0.25) is 0 Å². The fourth-order valence-electron chi connectivity index (χ4n) is 0.495. The van der Waals surface area contributed by atoms with Crippen LogP contribution in [-0.4, -0.2) is 6.18 Å². The lowest BCUT2D eigenvalue weighted by molar-refractivity contribution is -0.0878. The van der Waals surface area contributed by atoms with E-state index in [4.69, 9.17) is 0 Å². The van der Waals surface area contributed by atoms with Gasteiger partial charge in [0.05, 0.1) is 0 Å². The third kappa shape index (κ3) is 4.55. The molecule has 0 aromatic heterocycles. The average Bonchev–Trinajstić information content (AvgIpc) is 1.97. The summed E-state index contributed by atoms with van der Waals surface area (Å²) in [6.07, 6.45) is -2.05. The Bertz CT molecular complexity index is 231. The minimum absolute atomic E-state index is 0.150. The molecule has 0 heterocycles. The first kappa shape index (κ1) is 12.0. The maximum absolute atomic E-state index is 11.9. The lowest BCUT2D eigenvalue weighted by Gasteiger charge is -2.06. The summed E-state index contributed by atoms with van der Waals surface area (Å²) >= 11 is 0. The molecular formula is C10H13F3. The summed E-state index contributed by atoms with van der Waals surface area (Å²) in [7, 11) is 0. The maximum atomic E-state index is 11.9. The van der Waals surface area contributed by atoms with Gasteiger partial charge in [0, 0.05) is 5.57 Å². The number of hydrogen-bond acceptors (Lipinski definition) is 0. The average molecular weight is 190 g/mol. The number of hydrogen-bond donors (Lipinski definition) is 0. The van der Waals surface area contributed by atoms with E-state index in [0.29, 0.717) is 5.57 Å². The van der Waals surface area contributed by atoms with Crippen molar-refractivity contribution in [3.05, 3.63) is 36.5 Å². The predicted octanol–water partition coefficient (Wildman–Crippen LogP) is 3.87. The smallest absolute Gasteiger partial charge is 0.166 e. The summed E-state index contributed by atoms with van der Waals surface area (Å²) in [6, 6.07) is 0. The fraction of sp³-hybridized carbons (Fsp3) is 0.400. The molecule has 0 N–H and O–H groups in total. The highest BCUT2D eigenvalue weighted by atomic mass is 19.4. The molecule has 3 heteroatoms. The third-order valence-corrected chi connectivity index (χ3v) is 1.60. The van der Waals surface area contributed by atoms with Crippen LogP contribution < -0.4 is 0 Å². The number of rotatable bonds is 3. The van der Waals surface area contributed by atoms with Crippen molar-refractivity contribution in [2.24, 2.45) is 5.92 Å². The number of alkyl halides is 3. The van der Waals surface area contributed by atoms with Gasteiger partial charge in [0.1, 0.15) is 0 Å². The highest BCUT2D eigenvalue weighted by Gasteiger charge is 2.29. The van der Waals surface area contributed by atoms with E-state index >= 15 is 0 Å². The van der Waals surface area contributed by atoms with E-state index in [1.165, 1.54) is 6.08 Å². The first-order valence-corrected chi connectivity index (χ1v) is 3.88. The topological polar surface area (TPSA) is 0 Å². The van der Waals surface area contributed by atoms with E-state index in [2.05, 4.69) is 13.2 Å². The van der Waals surface area contributed by atoms with Gasteiger partial charge >= 0.3 is 6.18 Å². The molecule has 0 spiro atoms. The highest BCUT2D eigenvalue weighted by molar-refractivity contribution is 5.27. The predicted molar refractivity (Wildman–Crippen MR) is 48.3 cm³/mol. The van der Waals surface area contributed by atoms with Crippen molar-refractivity contribution in [1.82, 2.24) is 0 Å². The minimum Gasteiger partial charge on any atom is -0.166 e. The van der Waals surface area contributed by atoms with Gasteiger partial charge < -0.3 is 0 Å². The van der Waals surface area contributed by atoms with Crippen molar-refractivity contribution < 1.29 is 13.2 Å². The number of halogens is 3. The largest absolute Gasteiger partial charge is 0.415 e. The summed E-state index contributed by atoms with van der Waals surface area (Å²) in [5.41, 5.74) is -0.195. The van der Waals surface area contributed by atoms with E-state index in [1.807, 2.05) is 13.8 Å². The Kier molecular flexibility index (Phi) is 3.98. The van der Waals surface area contributed by atoms with Crippen LogP contribution in [0.4, 0.5) is 13.2 Å². The van der Waals surface area contributed by atoms with Crippen molar-refractivity contribution in [2.75, 3.05) is 0 Å². The molecule has 13 heavy (non-hydrogen) atoms. The van der Waals surface area contributed by atoms with Crippen molar-refractivity contribution in [1.29, 1.82) is 0 Å². The summed E-state index contributed by atoms with van der Waals surface area (Å²) in [5.74, 6) is 0.150. The SMILES string of the molecule is C=C(/C=C\C(=C)C(F)(F)F)C(C)C. The van der Waals surface area contributed by atoms with Crippen LogP contribution in [0.2, 0.25) is 0 Å². The quantitative estimate of drug-likeness (QED) is 0.592. The zero-order valence-corrected chi connectivity index (χ0v) is 7.78. The van der Waals surface area contributed by atoms with Crippen molar-refractivity contribution in [2.45, 2.75) is 20.0 Å². The van der Waals surface area contributed by atoms with Crippen LogP contribution in [0.3, 0.4) is 0 Å². The zero-order chi connectivity index (χ0) is 10.6. The van der Waals surface area contributed by atoms with Gasteiger partial charge in [-0.25, -0.2) is 0 Å². The fourth-order valence-corrected chi connectivity index (χ4v) is 0.495. The van der Waals surface area contributed by atoms with Crippen LogP contribution >= 0.6 is 0 Å². The van der Waals surface area contributed by atoms with Gasteiger partial charge in [-0.3, -0.25) is 0 Å². The lowest BCUT2D eigenvalue weighted by Crippen LogP contribution is -2.08. The molecule has 0 saturated carbocycles. The first-order valence-electron chi connectivity index (χ1n) is 3.88. The Morgan fingerprint density at radius 1 is 1.15 bits per heavy atom. The second-order valence-corrected chi connectivity index (χ2v) is 3.09. The second-order valence-electron chi connectivity index (χ2n) is 3.09. The molecule has 0 saturated heterocycles. The maximum Gasteiger partial charge on any atom is 0.415 e. The highest BCUT2D eigenvalue weighted by Crippen LogP contribution is 2.25. The van der Waals surface area contributed by atoms with Gasteiger partial charge in [-0.2, -0.15) is 13.2 Å². The van der Waals surface area contributed by atoms with Crippen LogP contribution in [0.5, 0.6) is 0 Å². The van der Waals surface area contributed by atoms with Crippen LogP contribution in [0.25, 0.3) is 0 Å². The van der Waals surface area contributed by atoms with Gasteiger partial charge in [0.25, 0.3) is 0 Å². The molecule has 0 fully saturated rings. The molecule has 0 rings (SSSR count). The van der Waals surface area contributed by atoms with E-state index in [1.54, 1.807) is 0 Å². The summed E-state index contributed by atoms with van der Waals surface area (Å²) in [4.78, 5) is 0. The Labute approximate surface area is 76.5 Å². The minimum atomic E-state index is -4.34. The van der Waals surface area contributed by atoms with Crippen LogP contribution in [-0.2, 0) is 0 Å². The Hall–Kier alpha value is -0.990. The van der Waals surface area contributed by atoms with Crippen molar-refractivity contribution in [3.63, 3.8) is 0 Å². The molecule has 0 aromatic rings. The Morgan fingerprint density at radius 2 is 1.62 bits per heavy atom. The van der Waals surface area contributed by atoms with Crippen LogP contribution in [0, 0.1) is 5.92 Å². The van der Waals surface area contributed by atoms with Gasteiger partial charge in [-0.05, 0) is 5.92 Å². The van der Waals surface area contributed by atoms with Gasteiger partial charge in [-0.1, -0.05) is 44.7 Å². The van der Waals surface area contributed by atoms with Crippen molar-refractivity contribution >= 4 is 0 Å². The third-order valence-electron chi connectivity index (χ3n) is 1.60. The monoisotopic (exact) mass is 190 g/mol. The molecule has 74 valence electrons. The van der Waals surface area contributed by atoms with Crippen molar-refractivity contribution in [3.8, 4) is 0 Å². The second kappa shape index (κ2) is 4.30. The van der Waals surface area contributed by atoms with E-state index in [-0.39, 0.29) is 5.92 Å². The molecule has 0 aliphatic rings. The van der Waals surface area contributed by atoms with E-state index in [0.717, 1.165) is 6.08 Å². The molecule has 0 amide bonds. The molecule has 0 aliphatic carbocycles. The lowest BCUT2D eigenvalue weighted by atomic mass is 10.0. The molecule has 0 unspecified atom stereocenters. The van der Waals surface area contributed by atoms with Gasteiger partial charge in [0.15, 0.2) is 0 Å². The molecule has 0 nitrogen and oxygen atoms in total. The normalized spacial score (nSPS) is 12.5. The zero-order valence-electron chi connectivity index (χ0n) is 7.78. The van der Waals surface area contributed by atoms with Crippen LogP contribution in [0.15, 0.2) is 36.5 Å². The number of allylic oxidation sites excluding steroid dienone is 4. The van der Waals surface area contributed by atoms with E-state index in [9.17, 15) is 13.2 Å². The molecule has 0 aromatic carbocycles. The molecule has 0 atom stereocenters. The summed E-state index contributed by atoms with van der Waals surface area (Å²) in [5, 5.41) is 0. The van der Waals surface area contributed by atoms with E-state index < -0.39 is 11.7 Å². The van der Waals surface area contributed by atoms with Gasteiger partial charge in [-0.15, -0.1) is 0 Å². The molecule has 0 radical (unpaired) electrons. The molecule has 0 aliphatic heterocycles. The van der Waals surface area contributed by atoms with Crippen LogP contribution in [0.1, 0.15) is 13.8 Å². The standard InChI is InChI=1S/C10H13F3/c1-7(2)8(3)5-6-9(4)10(11,12)13/h5-7H,3-4H2,1-2H3/b6-5-. The first-order chi connectivity index (χ1) is 5.75.